The average molecular weight is 593 g/mol. The highest BCUT2D eigenvalue weighted by atomic mass is 16.6. The van der Waals surface area contributed by atoms with Crippen molar-refractivity contribution in [2.45, 2.75) is 76.6 Å². The Morgan fingerprint density at radius 3 is 2.47 bits per heavy atom. The van der Waals surface area contributed by atoms with E-state index in [0.29, 0.717) is 45.3 Å². The van der Waals surface area contributed by atoms with E-state index in [1.54, 1.807) is 6.92 Å². The summed E-state index contributed by atoms with van der Waals surface area (Å²) in [6, 6.07) is 7.12. The van der Waals surface area contributed by atoms with Gasteiger partial charge in [-0.25, -0.2) is 4.98 Å². The molecule has 1 aromatic heterocycles. The molecule has 2 aliphatic heterocycles. The number of aryl methyl sites for hydroxylation is 1. The first-order chi connectivity index (χ1) is 20.6. The number of nitrogens with one attached hydrogen (secondary N) is 3. The summed E-state index contributed by atoms with van der Waals surface area (Å²) in [5, 5.41) is 8.28. The number of rotatable bonds is 14. The molecule has 2 aromatic rings. The van der Waals surface area contributed by atoms with Crippen molar-refractivity contribution in [1.82, 2.24) is 30.8 Å². The first-order valence-electron chi connectivity index (χ1n) is 14.7. The third-order valence-electron chi connectivity index (χ3n) is 7.71. The van der Waals surface area contributed by atoms with Crippen LogP contribution in [0.15, 0.2) is 48.9 Å². The molecule has 0 aliphatic carbocycles. The van der Waals surface area contributed by atoms with E-state index in [1.165, 1.54) is 23.5 Å². The van der Waals surface area contributed by atoms with Crippen LogP contribution in [-0.2, 0) is 30.3 Å². The number of hydrogen-bond acceptors (Lipinski definition) is 8. The first-order valence-corrected chi connectivity index (χ1v) is 14.7. The molecule has 2 aliphatic rings. The Balaban J connectivity index is 1.43. The number of hydrogen-bond donors (Lipinski definition) is 3. The molecule has 12 nitrogen and oxygen atoms in total. The van der Waals surface area contributed by atoms with Crippen LogP contribution >= 0.6 is 0 Å². The van der Waals surface area contributed by atoms with Gasteiger partial charge in [0.05, 0.1) is 25.4 Å². The monoisotopic (exact) mass is 592 g/mol. The summed E-state index contributed by atoms with van der Waals surface area (Å²) in [6.07, 6.45) is 6.39. The molecule has 12 heteroatoms. The number of aromatic nitrogens is 2. The van der Waals surface area contributed by atoms with Gasteiger partial charge in [-0.3, -0.25) is 29.0 Å². The lowest BCUT2D eigenvalue weighted by atomic mass is 9.93. The molecular formula is C31H40N6O6. The number of ketones is 1. The second kappa shape index (κ2) is 14.3. The molecule has 2 saturated heterocycles. The summed E-state index contributed by atoms with van der Waals surface area (Å²) in [6.45, 7) is 6.01. The lowest BCUT2D eigenvalue weighted by Gasteiger charge is -2.28. The molecule has 1 unspecified atom stereocenters. The van der Waals surface area contributed by atoms with Gasteiger partial charge in [0, 0.05) is 18.9 Å². The minimum atomic E-state index is -0.933. The van der Waals surface area contributed by atoms with E-state index in [4.69, 9.17) is 4.74 Å². The third kappa shape index (κ3) is 8.66. The van der Waals surface area contributed by atoms with E-state index >= 15 is 0 Å². The van der Waals surface area contributed by atoms with E-state index in [1.807, 2.05) is 44.2 Å². The average Bonchev–Trinajstić information content (AvgIpc) is 3.56. The van der Waals surface area contributed by atoms with Crippen molar-refractivity contribution in [3.05, 3.63) is 60.2 Å². The van der Waals surface area contributed by atoms with Gasteiger partial charge in [0.1, 0.15) is 23.4 Å². The van der Waals surface area contributed by atoms with Crippen LogP contribution in [0.2, 0.25) is 0 Å². The van der Waals surface area contributed by atoms with Crippen LogP contribution in [-0.4, -0.2) is 87.7 Å². The van der Waals surface area contributed by atoms with Crippen LogP contribution < -0.4 is 16.0 Å². The Bertz CT molecular complexity index is 1300. The lowest BCUT2D eigenvalue weighted by molar-refractivity contribution is -0.139. The third-order valence-corrected chi connectivity index (χ3v) is 7.71. The minimum absolute atomic E-state index is 0.0785. The summed E-state index contributed by atoms with van der Waals surface area (Å²) in [4.78, 5) is 74.8. The molecule has 1 aromatic carbocycles. The predicted octanol–water partition coefficient (Wildman–Crippen LogP) is 1.20. The number of likely N-dealkylation sites (tertiary alicyclic amines) is 1. The van der Waals surface area contributed by atoms with Gasteiger partial charge in [-0.1, -0.05) is 44.2 Å². The van der Waals surface area contributed by atoms with E-state index in [-0.39, 0.29) is 23.9 Å². The largest absolute Gasteiger partial charge is 0.361 e. The smallest absolute Gasteiger partial charge is 0.271 e. The van der Waals surface area contributed by atoms with Crippen LogP contribution in [0.5, 0.6) is 0 Å². The Morgan fingerprint density at radius 2 is 1.81 bits per heavy atom. The molecule has 3 heterocycles. The molecule has 43 heavy (non-hydrogen) atoms. The molecule has 230 valence electrons. The van der Waals surface area contributed by atoms with Crippen LogP contribution in [0.3, 0.4) is 0 Å². The molecular weight excluding hydrogens is 552 g/mol. The molecule has 2 fully saturated rings. The highest BCUT2D eigenvalue weighted by molar-refractivity contribution is 5.99. The second-order valence-corrected chi connectivity index (χ2v) is 11.7. The number of carbonyl (C=O) groups is 5. The maximum Gasteiger partial charge on any atom is 0.271 e. The lowest BCUT2D eigenvalue weighted by Crippen LogP contribution is -2.57. The van der Waals surface area contributed by atoms with E-state index in [0.717, 1.165) is 5.56 Å². The number of benzene rings is 1. The van der Waals surface area contributed by atoms with Crippen molar-refractivity contribution in [2.75, 3.05) is 19.7 Å². The van der Waals surface area contributed by atoms with E-state index in [2.05, 4.69) is 25.9 Å². The molecule has 4 amide bonds. The van der Waals surface area contributed by atoms with E-state index in [9.17, 15) is 24.0 Å². The molecule has 0 radical (unpaired) electrons. The van der Waals surface area contributed by atoms with Gasteiger partial charge in [-0.05, 0) is 50.5 Å². The molecule has 0 saturated carbocycles. The standard InChI is InChI=1S/C31H40N6O6/c1-20(2)16-23(27(39)31(3)19-43-31)36-29(41)22(12-11-21-8-5-4-6-9-21)35-30(42)25-10-7-15-37(25)26(38)18-34-28(40)24-17-32-13-14-33-24/h4-6,8-9,13-14,17,20,22-23,25H,7,10-12,15-16,18-19H2,1-3H3,(H,34,40)(H,35,42)(H,36,41)/t22-,23?,25-,31+/m0/s1. The molecule has 4 atom stereocenters. The normalized spacial score (nSPS) is 20.7. The fourth-order valence-corrected chi connectivity index (χ4v) is 5.19. The van der Waals surface area contributed by atoms with Crippen molar-refractivity contribution in [3.8, 4) is 0 Å². The number of amides is 4. The topological polar surface area (TPSA) is 163 Å². The number of nitrogens with zero attached hydrogens (tertiary/aromatic N) is 3. The van der Waals surface area contributed by atoms with Crippen LogP contribution in [0, 0.1) is 5.92 Å². The zero-order chi connectivity index (χ0) is 31.0. The van der Waals surface area contributed by atoms with Crippen molar-refractivity contribution in [2.24, 2.45) is 5.92 Å². The zero-order valence-electron chi connectivity index (χ0n) is 24.9. The van der Waals surface area contributed by atoms with E-state index < -0.39 is 47.4 Å². The highest BCUT2D eigenvalue weighted by Crippen LogP contribution is 2.29. The van der Waals surface area contributed by atoms with Gasteiger partial charge in [0.25, 0.3) is 5.91 Å². The number of carbonyl (C=O) groups excluding carboxylic acids is 5. The van der Waals surface area contributed by atoms with Gasteiger partial charge >= 0.3 is 0 Å². The Hall–Kier alpha value is -4.19. The van der Waals surface area contributed by atoms with Gasteiger partial charge in [0.15, 0.2) is 5.78 Å². The van der Waals surface area contributed by atoms with Gasteiger partial charge in [0.2, 0.25) is 17.7 Å². The first kappa shape index (κ1) is 31.7. The van der Waals surface area contributed by atoms with Gasteiger partial charge in [-0.2, -0.15) is 0 Å². The Kier molecular flexibility index (Phi) is 10.6. The number of ether oxygens (including phenoxy) is 1. The molecule has 4 rings (SSSR count). The zero-order valence-corrected chi connectivity index (χ0v) is 24.9. The van der Waals surface area contributed by atoms with Gasteiger partial charge in [-0.15, -0.1) is 0 Å². The predicted molar refractivity (Wildman–Crippen MR) is 157 cm³/mol. The Morgan fingerprint density at radius 1 is 1.07 bits per heavy atom. The van der Waals surface area contributed by atoms with Crippen molar-refractivity contribution >= 4 is 29.4 Å². The minimum Gasteiger partial charge on any atom is -0.361 e. The molecule has 0 bridgehead atoms. The maximum atomic E-state index is 13.6. The van der Waals surface area contributed by atoms with Gasteiger partial charge < -0.3 is 25.6 Å². The molecule has 0 spiro atoms. The summed E-state index contributed by atoms with van der Waals surface area (Å²) in [5.41, 5.74) is 0.178. The second-order valence-electron chi connectivity index (χ2n) is 11.7. The molecule has 3 N–H and O–H groups in total. The van der Waals surface area contributed by atoms with Crippen molar-refractivity contribution in [1.29, 1.82) is 0 Å². The highest BCUT2D eigenvalue weighted by Gasteiger charge is 2.50. The number of epoxide rings is 1. The SMILES string of the molecule is CC(C)CC(NC(=O)[C@H](CCc1ccccc1)NC(=O)[C@@H]1CCCN1C(=O)CNC(=O)c1cnccn1)C(=O)[C@@]1(C)CO1. The summed E-state index contributed by atoms with van der Waals surface area (Å²) >= 11 is 0. The fraction of sp³-hybridized carbons (Fsp3) is 0.516. The van der Waals surface area contributed by atoms with Crippen molar-refractivity contribution in [3.63, 3.8) is 0 Å². The van der Waals surface area contributed by atoms with Crippen molar-refractivity contribution < 1.29 is 28.7 Å². The van der Waals surface area contributed by atoms with Crippen LogP contribution in [0.1, 0.15) is 62.5 Å². The quantitative estimate of drug-likeness (QED) is 0.276. The number of Topliss-reactive ketones (excluding diaryl/α,β-unsaturated/α-hetero) is 1. The summed E-state index contributed by atoms with van der Waals surface area (Å²) in [5.74, 6) is -1.92. The fourth-order valence-electron chi connectivity index (χ4n) is 5.19. The maximum absolute atomic E-state index is 13.6. The van der Waals surface area contributed by atoms with Crippen LogP contribution in [0.4, 0.5) is 0 Å². The summed E-state index contributed by atoms with van der Waals surface area (Å²) in [7, 11) is 0. The summed E-state index contributed by atoms with van der Waals surface area (Å²) < 4.78 is 5.35. The van der Waals surface area contributed by atoms with Crippen LogP contribution in [0.25, 0.3) is 0 Å². The Labute approximate surface area is 251 Å².